The van der Waals surface area contributed by atoms with Crippen molar-refractivity contribution < 1.29 is 46.4 Å². The van der Waals surface area contributed by atoms with Gasteiger partial charge in [-0.2, -0.15) is 0 Å². The fourth-order valence-corrected chi connectivity index (χ4v) is 3.44. The first-order valence-electron chi connectivity index (χ1n) is 13.5. The maximum atomic E-state index is 12.0. The number of carbonyl (C=O) groups is 1. The molecule has 0 saturated carbocycles. The maximum Gasteiger partial charge on any atom is 0.246 e. The van der Waals surface area contributed by atoms with Crippen LogP contribution in [-0.4, -0.2) is 139 Å². The molecule has 0 spiro atoms. The van der Waals surface area contributed by atoms with E-state index in [4.69, 9.17) is 33.2 Å². The first-order valence-corrected chi connectivity index (χ1v) is 15.4. The van der Waals surface area contributed by atoms with Crippen LogP contribution in [0.2, 0.25) is 0 Å². The Bertz CT molecular complexity index is 1200. The van der Waals surface area contributed by atoms with Crippen molar-refractivity contribution in [1.82, 2.24) is 30.3 Å². The number of hydrogen-bond donors (Lipinski definition) is 1. The van der Waals surface area contributed by atoms with Crippen molar-refractivity contribution in [3.05, 3.63) is 29.8 Å². The highest BCUT2D eigenvalue weighted by Crippen LogP contribution is 2.00. The number of sulfone groups is 1. The summed E-state index contributed by atoms with van der Waals surface area (Å²) >= 11 is 0. The molecule has 0 saturated heterocycles. The summed E-state index contributed by atoms with van der Waals surface area (Å²) in [6.07, 6.45) is 5.35. The highest BCUT2D eigenvalue weighted by atomic mass is 32.2. The Hall–Kier alpha value is -3.08. The number of ether oxygens (including phenoxy) is 7. The van der Waals surface area contributed by atoms with E-state index >= 15 is 0 Å². The van der Waals surface area contributed by atoms with E-state index in [1.807, 2.05) is 0 Å². The average molecular weight is 629 g/mol. The van der Waals surface area contributed by atoms with Gasteiger partial charge in [0.15, 0.2) is 0 Å². The van der Waals surface area contributed by atoms with Crippen molar-refractivity contribution >= 4 is 15.7 Å². The van der Waals surface area contributed by atoms with E-state index < -0.39 is 9.84 Å². The van der Waals surface area contributed by atoms with Crippen LogP contribution in [0.5, 0.6) is 0 Å². The summed E-state index contributed by atoms with van der Waals surface area (Å²) in [6, 6.07) is 0. The molecule has 16 nitrogen and oxygen atoms in total. The molecule has 2 aromatic heterocycles. The molecule has 2 rings (SSSR count). The molecule has 1 N–H and O–H groups in total. The highest BCUT2D eigenvalue weighted by Gasteiger charge is 2.09. The third kappa shape index (κ3) is 18.2. The minimum absolute atomic E-state index is 0.00122. The van der Waals surface area contributed by atoms with Crippen molar-refractivity contribution in [3.63, 3.8) is 0 Å². The molecule has 0 fully saturated rings. The van der Waals surface area contributed by atoms with Crippen LogP contribution < -0.4 is 5.32 Å². The molecule has 0 aliphatic rings. The van der Waals surface area contributed by atoms with Gasteiger partial charge in [-0.1, -0.05) is 17.1 Å². The van der Waals surface area contributed by atoms with Crippen LogP contribution in [0.25, 0.3) is 0 Å². The Kier molecular flexibility index (Phi) is 18.9. The molecule has 2 heterocycles. The van der Waals surface area contributed by atoms with E-state index in [0.29, 0.717) is 90.5 Å². The largest absolute Gasteiger partial charge is 0.382 e. The molecule has 2 aromatic rings. The summed E-state index contributed by atoms with van der Waals surface area (Å²) < 4.78 is 61.6. The first kappa shape index (κ1) is 36.1. The summed E-state index contributed by atoms with van der Waals surface area (Å²) in [7, 11) is -1.83. The lowest BCUT2D eigenvalue weighted by molar-refractivity contribution is -0.125. The zero-order chi connectivity index (χ0) is 31.0. The topological polar surface area (TPSA) is 184 Å². The number of rotatable bonds is 24. The lowest BCUT2D eigenvalue weighted by atomic mass is 10.3. The van der Waals surface area contributed by atoms with Gasteiger partial charge in [0.25, 0.3) is 0 Å². The number of methoxy groups -OCH3 is 1. The van der Waals surface area contributed by atoms with Crippen LogP contribution in [-0.2, 0) is 60.9 Å². The molecule has 0 bridgehead atoms. The molecule has 43 heavy (non-hydrogen) atoms. The van der Waals surface area contributed by atoms with Crippen LogP contribution in [0.4, 0.5) is 0 Å². The van der Waals surface area contributed by atoms with Gasteiger partial charge in [0.05, 0.1) is 97.5 Å². The summed E-state index contributed by atoms with van der Waals surface area (Å²) in [5.41, 5.74) is 1.02. The van der Waals surface area contributed by atoms with Crippen LogP contribution in [0.3, 0.4) is 0 Å². The number of aromatic nitrogens is 5. The van der Waals surface area contributed by atoms with Crippen LogP contribution >= 0.6 is 0 Å². The lowest BCUT2D eigenvalue weighted by Gasteiger charge is -2.08. The normalized spacial score (nSPS) is 11.3. The second-order valence-electron chi connectivity index (χ2n) is 8.63. The van der Waals surface area contributed by atoms with E-state index in [-0.39, 0.29) is 30.8 Å². The minimum Gasteiger partial charge on any atom is -0.382 e. The lowest BCUT2D eigenvalue weighted by Crippen LogP contribution is -2.27. The third-order valence-corrected chi connectivity index (χ3v) is 5.91. The van der Waals surface area contributed by atoms with Crippen LogP contribution in [0.15, 0.2) is 23.7 Å². The maximum absolute atomic E-state index is 12.0. The molecular weight excluding hydrogens is 588 g/mol. The first-order chi connectivity index (χ1) is 20.9. The van der Waals surface area contributed by atoms with Gasteiger partial charge in [0.1, 0.15) is 18.9 Å². The fourth-order valence-electron chi connectivity index (χ4n) is 2.96. The van der Waals surface area contributed by atoms with E-state index in [0.717, 1.165) is 6.26 Å². The van der Waals surface area contributed by atoms with Gasteiger partial charge < -0.3 is 38.5 Å². The smallest absolute Gasteiger partial charge is 0.246 e. The molecule has 0 aliphatic heterocycles. The fraction of sp³-hybridized carbons (Fsp3) is 0.654. The highest BCUT2D eigenvalue weighted by molar-refractivity contribution is 7.90. The van der Waals surface area contributed by atoms with Gasteiger partial charge in [0, 0.05) is 25.8 Å². The molecule has 0 aromatic carbocycles. The Morgan fingerprint density at radius 2 is 1.42 bits per heavy atom. The summed E-state index contributed by atoms with van der Waals surface area (Å²) in [5, 5.41) is 10.4. The summed E-state index contributed by atoms with van der Waals surface area (Å²) in [5.74, 6) is 5.10. The van der Waals surface area contributed by atoms with Gasteiger partial charge in [0.2, 0.25) is 20.9 Å². The second kappa shape index (κ2) is 22.5. The monoisotopic (exact) mass is 628 g/mol. The van der Waals surface area contributed by atoms with Gasteiger partial charge >= 0.3 is 0 Å². The number of hydrogen-bond acceptors (Lipinski definition) is 14. The SMILES string of the molecule is COCCOCCOCCOCCOCCOCCn1cc(CNC(=O)COCC#Cc2cnc(S(C)(=O)=O)nc2)nn1. The minimum atomic E-state index is -3.47. The number of carbonyl (C=O) groups excluding carboxylic acids is 1. The van der Waals surface area contributed by atoms with E-state index in [2.05, 4.69) is 37.4 Å². The molecule has 1 amide bonds. The van der Waals surface area contributed by atoms with Gasteiger partial charge in [-0.3, -0.25) is 4.79 Å². The standard InChI is InChI=1S/C26H40N6O10S/c1-36-8-9-38-12-13-40-16-17-41-15-14-39-11-10-37-7-5-32-21-24(30-31-32)20-27-25(33)22-42-6-3-4-23-18-28-26(29-19-23)43(2,34)35/h18-19,21H,5-17,20,22H2,1-2H3,(H,27,33). The Morgan fingerprint density at radius 3 is 1.98 bits per heavy atom. The molecule has 0 atom stereocenters. The molecular formula is C26H40N6O10S. The Morgan fingerprint density at radius 1 is 0.860 bits per heavy atom. The molecule has 0 unspecified atom stereocenters. The zero-order valence-corrected chi connectivity index (χ0v) is 25.4. The van der Waals surface area contributed by atoms with Gasteiger partial charge in [-0.05, 0) is 0 Å². The molecule has 0 radical (unpaired) electrons. The Balaban J connectivity index is 1.41. The predicted molar refractivity (Wildman–Crippen MR) is 151 cm³/mol. The summed E-state index contributed by atoms with van der Waals surface area (Å²) in [6.45, 7) is 5.99. The molecule has 240 valence electrons. The molecule has 0 aliphatic carbocycles. The van der Waals surface area contributed by atoms with Crippen molar-refractivity contribution in [2.45, 2.75) is 18.2 Å². The van der Waals surface area contributed by atoms with Crippen molar-refractivity contribution in [1.29, 1.82) is 0 Å². The van der Waals surface area contributed by atoms with Crippen molar-refractivity contribution in [3.8, 4) is 11.8 Å². The number of nitrogens with zero attached hydrogens (tertiary/aromatic N) is 5. The Labute approximate surface area is 251 Å². The zero-order valence-electron chi connectivity index (χ0n) is 24.6. The van der Waals surface area contributed by atoms with Gasteiger partial charge in [-0.15, -0.1) is 5.10 Å². The third-order valence-electron chi connectivity index (χ3n) is 5.04. The van der Waals surface area contributed by atoms with Crippen molar-refractivity contribution in [2.24, 2.45) is 0 Å². The number of amides is 1. The number of nitrogens with one attached hydrogen (secondary N) is 1. The predicted octanol–water partition coefficient (Wildman–Crippen LogP) is -1.11. The quantitative estimate of drug-likeness (QED) is 0.0838. The van der Waals surface area contributed by atoms with E-state index in [9.17, 15) is 13.2 Å². The van der Waals surface area contributed by atoms with Gasteiger partial charge in [-0.25, -0.2) is 23.1 Å². The molecule has 17 heteroatoms. The van der Waals surface area contributed by atoms with E-state index in [1.54, 1.807) is 18.0 Å². The van der Waals surface area contributed by atoms with Crippen molar-refractivity contribution in [2.75, 3.05) is 99.3 Å². The van der Waals surface area contributed by atoms with Crippen LogP contribution in [0, 0.1) is 11.8 Å². The van der Waals surface area contributed by atoms with Crippen LogP contribution in [0.1, 0.15) is 11.3 Å². The average Bonchev–Trinajstić information content (AvgIpc) is 3.45. The van der Waals surface area contributed by atoms with E-state index in [1.165, 1.54) is 12.4 Å². The second-order valence-corrected chi connectivity index (χ2v) is 10.5. The summed E-state index contributed by atoms with van der Waals surface area (Å²) in [4.78, 5) is 19.5.